The Hall–Kier alpha value is -2.93. The number of benzene rings is 2. The summed E-state index contributed by atoms with van der Waals surface area (Å²) < 4.78 is 21.2. The fourth-order valence-corrected chi connectivity index (χ4v) is 4.74. The number of halogens is 1. The summed E-state index contributed by atoms with van der Waals surface area (Å²) in [6.07, 6.45) is 3.89. The maximum atomic E-state index is 13.4. The standard InChI is InChI=1S/C25H29FN4O2/c26-20-9-7-18(8-10-20)17-30-23-6-2-1-5-22(23)28-25(30)29-13-11-19(12-14-29)24(31)27-16-21-4-3-15-32-21/h1-2,5-10,19,21H,3-4,11-17H2,(H,27,31). The van der Waals surface area contributed by atoms with Crippen molar-refractivity contribution in [3.05, 3.63) is 59.9 Å². The van der Waals surface area contributed by atoms with E-state index in [0.717, 1.165) is 67.9 Å². The van der Waals surface area contributed by atoms with Crippen LogP contribution in [-0.4, -0.2) is 47.8 Å². The van der Waals surface area contributed by atoms with Gasteiger partial charge in [0.05, 0.1) is 23.7 Å². The molecule has 0 bridgehead atoms. The number of carbonyl (C=O) groups excluding carboxylic acids is 1. The van der Waals surface area contributed by atoms with Gasteiger partial charge >= 0.3 is 0 Å². The minimum Gasteiger partial charge on any atom is -0.376 e. The number of hydrogen-bond donors (Lipinski definition) is 1. The molecule has 1 unspecified atom stereocenters. The summed E-state index contributed by atoms with van der Waals surface area (Å²) in [5, 5.41) is 3.09. The van der Waals surface area contributed by atoms with Crippen LogP contribution in [0.5, 0.6) is 0 Å². The van der Waals surface area contributed by atoms with E-state index in [1.165, 1.54) is 12.1 Å². The second kappa shape index (κ2) is 9.28. The molecule has 1 amide bonds. The minimum absolute atomic E-state index is 0.0302. The molecule has 1 N–H and O–H groups in total. The lowest BCUT2D eigenvalue weighted by Crippen LogP contribution is -2.43. The number of nitrogens with zero attached hydrogens (tertiary/aromatic N) is 3. The number of imidazole rings is 1. The molecule has 0 aliphatic carbocycles. The number of para-hydroxylation sites is 2. The average molecular weight is 437 g/mol. The molecule has 7 heteroatoms. The Morgan fingerprint density at radius 2 is 1.88 bits per heavy atom. The molecule has 0 saturated carbocycles. The Balaban J connectivity index is 1.28. The van der Waals surface area contributed by atoms with Crippen molar-refractivity contribution < 1.29 is 13.9 Å². The first kappa shape index (κ1) is 20.9. The van der Waals surface area contributed by atoms with Gasteiger partial charge in [-0.2, -0.15) is 0 Å². The number of carbonyl (C=O) groups is 1. The van der Waals surface area contributed by atoms with Gasteiger partial charge in [-0.15, -0.1) is 0 Å². The highest BCUT2D eigenvalue weighted by Gasteiger charge is 2.28. The lowest BCUT2D eigenvalue weighted by atomic mass is 9.96. The predicted molar refractivity (Wildman–Crippen MR) is 122 cm³/mol. The molecule has 2 aromatic carbocycles. The first-order valence-electron chi connectivity index (χ1n) is 11.5. The van der Waals surface area contributed by atoms with Gasteiger partial charge in [0.15, 0.2) is 0 Å². The van der Waals surface area contributed by atoms with Crippen molar-refractivity contribution in [3.63, 3.8) is 0 Å². The second-order valence-electron chi connectivity index (χ2n) is 8.75. The van der Waals surface area contributed by atoms with E-state index in [1.54, 1.807) is 0 Å². The maximum absolute atomic E-state index is 13.4. The van der Waals surface area contributed by atoms with E-state index in [2.05, 4.69) is 20.9 Å². The lowest BCUT2D eigenvalue weighted by molar-refractivity contribution is -0.126. The molecule has 2 fully saturated rings. The van der Waals surface area contributed by atoms with Crippen LogP contribution in [0.2, 0.25) is 0 Å². The fourth-order valence-electron chi connectivity index (χ4n) is 4.74. The number of nitrogens with one attached hydrogen (secondary N) is 1. The Morgan fingerprint density at radius 1 is 1.09 bits per heavy atom. The van der Waals surface area contributed by atoms with Crippen LogP contribution in [0.25, 0.3) is 11.0 Å². The van der Waals surface area contributed by atoms with Crippen LogP contribution in [0.15, 0.2) is 48.5 Å². The number of amides is 1. The highest BCUT2D eigenvalue weighted by atomic mass is 19.1. The third-order valence-corrected chi connectivity index (χ3v) is 6.56. The van der Waals surface area contributed by atoms with Gasteiger partial charge in [-0.25, -0.2) is 9.37 Å². The summed E-state index contributed by atoms with van der Waals surface area (Å²) in [6, 6.07) is 14.7. The van der Waals surface area contributed by atoms with Crippen LogP contribution in [0.4, 0.5) is 10.3 Å². The molecule has 1 atom stereocenters. The van der Waals surface area contributed by atoms with Crippen molar-refractivity contribution in [2.45, 2.75) is 38.3 Å². The monoisotopic (exact) mass is 436 g/mol. The summed E-state index contributed by atoms with van der Waals surface area (Å²) in [5.74, 6) is 0.848. The number of hydrogen-bond acceptors (Lipinski definition) is 4. The van der Waals surface area contributed by atoms with Crippen LogP contribution in [0.1, 0.15) is 31.2 Å². The third-order valence-electron chi connectivity index (χ3n) is 6.56. The molecule has 5 rings (SSSR count). The maximum Gasteiger partial charge on any atom is 0.223 e. The fraction of sp³-hybridized carbons (Fsp3) is 0.440. The van der Waals surface area contributed by atoms with Crippen LogP contribution in [-0.2, 0) is 16.1 Å². The molecule has 32 heavy (non-hydrogen) atoms. The molecule has 3 heterocycles. The van der Waals surface area contributed by atoms with Gasteiger partial charge in [0, 0.05) is 32.2 Å². The van der Waals surface area contributed by atoms with Crippen molar-refractivity contribution in [2.75, 3.05) is 31.1 Å². The zero-order valence-corrected chi connectivity index (χ0v) is 18.2. The van der Waals surface area contributed by atoms with Crippen LogP contribution in [0.3, 0.4) is 0 Å². The zero-order valence-electron chi connectivity index (χ0n) is 18.2. The van der Waals surface area contributed by atoms with E-state index in [0.29, 0.717) is 13.1 Å². The van der Waals surface area contributed by atoms with E-state index in [1.807, 2.05) is 30.3 Å². The molecule has 2 saturated heterocycles. The van der Waals surface area contributed by atoms with E-state index in [4.69, 9.17) is 9.72 Å². The summed E-state index contributed by atoms with van der Waals surface area (Å²) in [4.78, 5) is 19.8. The summed E-state index contributed by atoms with van der Waals surface area (Å²) in [6.45, 7) is 3.61. The zero-order chi connectivity index (χ0) is 21.9. The molecule has 3 aromatic rings. The van der Waals surface area contributed by atoms with Crippen LogP contribution >= 0.6 is 0 Å². The Labute approximate surface area is 187 Å². The van der Waals surface area contributed by atoms with Gasteiger partial charge in [0.2, 0.25) is 11.9 Å². The van der Waals surface area contributed by atoms with Gasteiger partial charge in [-0.05, 0) is 55.5 Å². The van der Waals surface area contributed by atoms with Gasteiger partial charge in [0.1, 0.15) is 5.82 Å². The molecule has 2 aliphatic heterocycles. The summed E-state index contributed by atoms with van der Waals surface area (Å²) in [5.41, 5.74) is 3.03. The predicted octanol–water partition coefficient (Wildman–Crippen LogP) is 3.74. The highest BCUT2D eigenvalue weighted by Crippen LogP contribution is 2.28. The van der Waals surface area contributed by atoms with E-state index < -0.39 is 0 Å². The Bertz CT molecular complexity index is 1070. The molecule has 2 aliphatic rings. The van der Waals surface area contributed by atoms with Gasteiger partial charge < -0.3 is 19.5 Å². The summed E-state index contributed by atoms with van der Waals surface area (Å²) >= 11 is 0. The Kier molecular flexibility index (Phi) is 6.08. The molecule has 168 valence electrons. The average Bonchev–Trinajstić information content (AvgIpc) is 3.47. The van der Waals surface area contributed by atoms with E-state index >= 15 is 0 Å². The first-order valence-corrected chi connectivity index (χ1v) is 11.5. The number of fused-ring (bicyclic) bond motifs is 1. The number of aromatic nitrogens is 2. The summed E-state index contributed by atoms with van der Waals surface area (Å²) in [7, 11) is 0. The van der Waals surface area contributed by atoms with E-state index in [-0.39, 0.29) is 23.7 Å². The molecule has 0 spiro atoms. The minimum atomic E-state index is -0.232. The first-order chi connectivity index (χ1) is 15.7. The largest absolute Gasteiger partial charge is 0.376 e. The SMILES string of the molecule is O=C(NCC1CCCO1)C1CCN(c2nc3ccccc3n2Cc2ccc(F)cc2)CC1. The van der Waals surface area contributed by atoms with Gasteiger partial charge in [0.25, 0.3) is 0 Å². The second-order valence-corrected chi connectivity index (χ2v) is 8.75. The third kappa shape index (κ3) is 4.48. The van der Waals surface area contributed by atoms with Crippen molar-refractivity contribution >= 4 is 22.9 Å². The smallest absolute Gasteiger partial charge is 0.223 e. The number of piperidine rings is 1. The number of rotatable bonds is 6. The Morgan fingerprint density at radius 3 is 2.62 bits per heavy atom. The van der Waals surface area contributed by atoms with Crippen LogP contribution in [0, 0.1) is 11.7 Å². The van der Waals surface area contributed by atoms with Crippen molar-refractivity contribution in [3.8, 4) is 0 Å². The number of ether oxygens (including phenoxy) is 1. The molecule has 1 aromatic heterocycles. The number of anilines is 1. The molecule has 0 radical (unpaired) electrons. The van der Waals surface area contributed by atoms with Crippen molar-refractivity contribution in [1.82, 2.24) is 14.9 Å². The van der Waals surface area contributed by atoms with Crippen LogP contribution < -0.4 is 10.2 Å². The molecular weight excluding hydrogens is 407 g/mol. The molecular formula is C25H29FN4O2. The van der Waals surface area contributed by atoms with Gasteiger partial charge in [-0.1, -0.05) is 24.3 Å². The van der Waals surface area contributed by atoms with Crippen molar-refractivity contribution in [2.24, 2.45) is 5.92 Å². The normalized spacial score (nSPS) is 19.5. The van der Waals surface area contributed by atoms with Crippen molar-refractivity contribution in [1.29, 1.82) is 0 Å². The van der Waals surface area contributed by atoms with Gasteiger partial charge in [-0.3, -0.25) is 4.79 Å². The lowest BCUT2D eigenvalue weighted by Gasteiger charge is -2.32. The highest BCUT2D eigenvalue weighted by molar-refractivity contribution is 5.80. The quantitative estimate of drug-likeness (QED) is 0.640. The topological polar surface area (TPSA) is 59.4 Å². The molecule has 6 nitrogen and oxygen atoms in total. The van der Waals surface area contributed by atoms with E-state index in [9.17, 15) is 9.18 Å².